The minimum atomic E-state index is -4.44. The van der Waals surface area contributed by atoms with Crippen molar-refractivity contribution in [2.45, 2.75) is 26.4 Å². The van der Waals surface area contributed by atoms with Crippen LogP contribution >= 0.6 is 11.6 Å². The van der Waals surface area contributed by atoms with Crippen molar-refractivity contribution < 1.29 is 18.0 Å². The highest BCUT2D eigenvalue weighted by molar-refractivity contribution is 6.30. The SMILES string of the molecule is CCc1c(C)nc(-c2cccc(C(F)(F)F)c2)nc1N1CCN(C(=O)c2ccc(Cl)cc2)CC1. The smallest absolute Gasteiger partial charge is 0.353 e. The fraction of sp³-hybridized carbons (Fsp3) is 0.320. The topological polar surface area (TPSA) is 49.3 Å². The number of hydrogen-bond donors (Lipinski definition) is 0. The van der Waals surface area contributed by atoms with Gasteiger partial charge in [0.05, 0.1) is 5.56 Å². The standard InChI is InChI=1S/C25H24ClF3N4O/c1-3-21-16(2)30-22(18-5-4-6-19(15-18)25(27,28)29)31-23(21)32-11-13-33(14-12-32)24(34)17-7-9-20(26)10-8-17/h4-10,15H,3,11-14H2,1-2H3. The van der Waals surface area contributed by atoms with Crippen molar-refractivity contribution in [3.63, 3.8) is 0 Å². The van der Waals surface area contributed by atoms with Gasteiger partial charge in [0.15, 0.2) is 5.82 Å². The number of hydrogen-bond acceptors (Lipinski definition) is 4. The van der Waals surface area contributed by atoms with E-state index in [0.717, 1.165) is 23.4 Å². The number of benzene rings is 2. The molecule has 9 heteroatoms. The maximum absolute atomic E-state index is 13.2. The number of carbonyl (C=O) groups excluding carboxylic acids is 1. The van der Waals surface area contributed by atoms with Gasteiger partial charge in [-0.1, -0.05) is 30.7 Å². The van der Waals surface area contributed by atoms with Crippen molar-refractivity contribution in [2.75, 3.05) is 31.1 Å². The van der Waals surface area contributed by atoms with Crippen molar-refractivity contribution in [3.8, 4) is 11.4 Å². The van der Waals surface area contributed by atoms with Crippen LogP contribution in [0.3, 0.4) is 0 Å². The first-order valence-electron chi connectivity index (χ1n) is 11.0. The lowest BCUT2D eigenvalue weighted by Crippen LogP contribution is -2.49. The Morgan fingerprint density at radius 1 is 1.03 bits per heavy atom. The molecule has 1 fully saturated rings. The number of piperazine rings is 1. The highest BCUT2D eigenvalue weighted by Gasteiger charge is 2.31. The third-order valence-electron chi connectivity index (χ3n) is 5.95. The lowest BCUT2D eigenvalue weighted by molar-refractivity contribution is -0.137. The summed E-state index contributed by atoms with van der Waals surface area (Å²) in [6.07, 6.45) is -3.75. The van der Waals surface area contributed by atoms with Crippen LogP contribution in [0.25, 0.3) is 11.4 Å². The van der Waals surface area contributed by atoms with Crippen molar-refractivity contribution in [3.05, 3.63) is 75.9 Å². The van der Waals surface area contributed by atoms with Gasteiger partial charge in [-0.15, -0.1) is 0 Å². The molecule has 178 valence electrons. The quantitative estimate of drug-likeness (QED) is 0.476. The summed E-state index contributed by atoms with van der Waals surface area (Å²) in [4.78, 5) is 25.9. The Hall–Kier alpha value is -3.13. The fourth-order valence-electron chi connectivity index (χ4n) is 4.12. The van der Waals surface area contributed by atoms with Crippen LogP contribution in [-0.4, -0.2) is 47.0 Å². The van der Waals surface area contributed by atoms with Crippen LogP contribution in [-0.2, 0) is 12.6 Å². The average Bonchev–Trinajstić information content (AvgIpc) is 2.83. The Morgan fingerprint density at radius 3 is 2.32 bits per heavy atom. The number of anilines is 1. The van der Waals surface area contributed by atoms with E-state index in [2.05, 4.69) is 14.9 Å². The molecule has 0 N–H and O–H groups in total. The second kappa shape index (κ2) is 9.62. The van der Waals surface area contributed by atoms with Crippen molar-refractivity contribution in [2.24, 2.45) is 0 Å². The lowest BCUT2D eigenvalue weighted by atomic mass is 10.1. The van der Waals surface area contributed by atoms with E-state index >= 15 is 0 Å². The molecule has 0 radical (unpaired) electrons. The molecule has 0 unspecified atom stereocenters. The third kappa shape index (κ3) is 5.01. The van der Waals surface area contributed by atoms with Crippen LogP contribution in [0, 0.1) is 6.92 Å². The zero-order valence-corrected chi connectivity index (χ0v) is 19.6. The summed E-state index contributed by atoms with van der Waals surface area (Å²) in [7, 11) is 0. The molecule has 2 aromatic carbocycles. The van der Waals surface area contributed by atoms with Crippen LogP contribution in [0.5, 0.6) is 0 Å². The van der Waals surface area contributed by atoms with Gasteiger partial charge < -0.3 is 9.80 Å². The minimum Gasteiger partial charge on any atom is -0.353 e. The van der Waals surface area contributed by atoms with E-state index in [1.54, 1.807) is 35.2 Å². The van der Waals surface area contributed by atoms with Crippen molar-refractivity contribution in [1.82, 2.24) is 14.9 Å². The van der Waals surface area contributed by atoms with Gasteiger partial charge in [-0.05, 0) is 49.7 Å². The second-order valence-electron chi connectivity index (χ2n) is 8.15. The number of nitrogens with zero attached hydrogens (tertiary/aromatic N) is 4. The van der Waals surface area contributed by atoms with Crippen molar-refractivity contribution >= 4 is 23.3 Å². The Balaban J connectivity index is 1.58. The molecule has 1 aliphatic heterocycles. The monoisotopic (exact) mass is 488 g/mol. The minimum absolute atomic E-state index is 0.0597. The Kier molecular flexibility index (Phi) is 6.79. The Labute approximate surface area is 201 Å². The number of carbonyl (C=O) groups is 1. The molecule has 0 bridgehead atoms. The number of amides is 1. The normalized spacial score (nSPS) is 14.4. The lowest BCUT2D eigenvalue weighted by Gasteiger charge is -2.36. The van der Waals surface area contributed by atoms with E-state index in [0.29, 0.717) is 54.6 Å². The molecule has 5 nitrogen and oxygen atoms in total. The number of alkyl halides is 3. The van der Waals surface area contributed by atoms with Crippen LogP contribution < -0.4 is 4.90 Å². The maximum Gasteiger partial charge on any atom is 0.416 e. The van der Waals surface area contributed by atoms with Gasteiger partial charge in [-0.2, -0.15) is 13.2 Å². The number of aromatic nitrogens is 2. The van der Waals surface area contributed by atoms with E-state index in [9.17, 15) is 18.0 Å². The predicted molar refractivity (Wildman–Crippen MR) is 126 cm³/mol. The molecule has 1 aliphatic rings. The molecular formula is C25H24ClF3N4O. The van der Waals surface area contributed by atoms with Crippen LogP contribution in [0.4, 0.5) is 19.0 Å². The largest absolute Gasteiger partial charge is 0.416 e. The molecular weight excluding hydrogens is 465 g/mol. The van der Waals surface area contributed by atoms with E-state index in [4.69, 9.17) is 11.6 Å². The highest BCUT2D eigenvalue weighted by Crippen LogP contribution is 2.33. The molecule has 4 rings (SSSR count). The number of rotatable bonds is 4. The van der Waals surface area contributed by atoms with Gasteiger partial charge in [0.25, 0.3) is 5.91 Å². The van der Waals surface area contributed by atoms with E-state index in [1.807, 2.05) is 13.8 Å². The molecule has 1 aromatic heterocycles. The van der Waals surface area contributed by atoms with E-state index < -0.39 is 11.7 Å². The highest BCUT2D eigenvalue weighted by atomic mass is 35.5. The molecule has 0 saturated carbocycles. The predicted octanol–water partition coefficient (Wildman–Crippen LogP) is 5.65. The van der Waals surface area contributed by atoms with Gasteiger partial charge >= 0.3 is 6.18 Å². The zero-order valence-electron chi connectivity index (χ0n) is 18.9. The van der Waals surface area contributed by atoms with Crippen molar-refractivity contribution in [1.29, 1.82) is 0 Å². The molecule has 34 heavy (non-hydrogen) atoms. The molecule has 2 heterocycles. The summed E-state index contributed by atoms with van der Waals surface area (Å²) < 4.78 is 39.6. The molecule has 1 saturated heterocycles. The first-order chi connectivity index (χ1) is 16.2. The number of aryl methyl sites for hydroxylation is 1. The van der Waals surface area contributed by atoms with Gasteiger partial charge in [-0.3, -0.25) is 4.79 Å². The van der Waals surface area contributed by atoms with Crippen LogP contribution in [0.15, 0.2) is 48.5 Å². The Bertz CT molecular complexity index is 1190. The van der Waals surface area contributed by atoms with Gasteiger partial charge in [0.2, 0.25) is 0 Å². The number of halogens is 4. The summed E-state index contributed by atoms with van der Waals surface area (Å²) in [5.41, 5.74) is 1.85. The maximum atomic E-state index is 13.2. The van der Waals surface area contributed by atoms with Crippen LogP contribution in [0.2, 0.25) is 5.02 Å². The summed E-state index contributed by atoms with van der Waals surface area (Å²) in [6, 6.07) is 11.9. The summed E-state index contributed by atoms with van der Waals surface area (Å²) in [6.45, 7) is 5.98. The summed E-state index contributed by atoms with van der Waals surface area (Å²) >= 11 is 5.92. The molecule has 0 atom stereocenters. The Morgan fingerprint density at radius 2 is 1.71 bits per heavy atom. The van der Waals surface area contributed by atoms with Gasteiger partial charge in [0.1, 0.15) is 5.82 Å². The molecule has 0 aliphatic carbocycles. The summed E-state index contributed by atoms with van der Waals surface area (Å²) in [5, 5.41) is 0.573. The zero-order chi connectivity index (χ0) is 24.5. The second-order valence-corrected chi connectivity index (χ2v) is 8.59. The van der Waals surface area contributed by atoms with E-state index in [1.165, 1.54) is 6.07 Å². The first-order valence-corrected chi connectivity index (χ1v) is 11.4. The molecule has 0 spiro atoms. The fourth-order valence-corrected chi connectivity index (χ4v) is 4.24. The van der Waals surface area contributed by atoms with Gasteiger partial charge in [0, 0.05) is 53.6 Å². The average molecular weight is 489 g/mol. The first kappa shape index (κ1) is 24.0. The van der Waals surface area contributed by atoms with Gasteiger partial charge in [-0.25, -0.2) is 9.97 Å². The van der Waals surface area contributed by atoms with E-state index in [-0.39, 0.29) is 11.7 Å². The molecule has 1 amide bonds. The third-order valence-corrected chi connectivity index (χ3v) is 6.20. The summed E-state index contributed by atoms with van der Waals surface area (Å²) in [5.74, 6) is 0.909. The molecule has 3 aromatic rings. The van der Waals surface area contributed by atoms with Crippen LogP contribution in [0.1, 0.15) is 34.1 Å².